The van der Waals surface area contributed by atoms with Gasteiger partial charge in [-0.2, -0.15) is 0 Å². The topological polar surface area (TPSA) is 56.7 Å². The predicted octanol–water partition coefficient (Wildman–Crippen LogP) is 2.97. The minimum absolute atomic E-state index is 0. The average Bonchev–Trinajstić information content (AvgIpc) is 2.60. The molecule has 5 nitrogen and oxygen atoms in total. The maximum Gasteiger partial charge on any atom is 0.191 e. The average molecular weight is 487 g/mol. The summed E-state index contributed by atoms with van der Waals surface area (Å²) in [5.74, 6) is 1.69. The Balaban J connectivity index is 0.00000576. The molecule has 0 heterocycles. The first-order valence-corrected chi connectivity index (χ1v) is 11.2. The van der Waals surface area contributed by atoms with Crippen molar-refractivity contribution in [3.63, 3.8) is 0 Å². The number of halogens is 1. The molecule has 25 heavy (non-hydrogen) atoms. The Labute approximate surface area is 174 Å². The monoisotopic (exact) mass is 486 g/mol. The largest absolute Gasteiger partial charge is 0.357 e. The van der Waals surface area contributed by atoms with E-state index in [2.05, 4.69) is 36.3 Å². The molecular formula is C18H39IN4OS. The van der Waals surface area contributed by atoms with E-state index in [0.29, 0.717) is 11.3 Å². The van der Waals surface area contributed by atoms with Crippen LogP contribution >= 0.6 is 24.0 Å². The molecule has 1 fully saturated rings. The second-order valence-corrected chi connectivity index (χ2v) is 8.50. The molecule has 0 saturated heterocycles. The molecule has 0 aliphatic heterocycles. The second-order valence-electron chi connectivity index (χ2n) is 6.49. The Morgan fingerprint density at radius 1 is 1.20 bits per heavy atom. The summed E-state index contributed by atoms with van der Waals surface area (Å²) in [5, 5.41) is 7.28. The highest BCUT2D eigenvalue weighted by Gasteiger charge is 2.25. The van der Waals surface area contributed by atoms with Gasteiger partial charge >= 0.3 is 0 Å². The lowest BCUT2D eigenvalue weighted by Gasteiger charge is -2.30. The summed E-state index contributed by atoms with van der Waals surface area (Å²) in [6.07, 6.45) is 5.61. The van der Waals surface area contributed by atoms with E-state index in [-0.39, 0.29) is 24.0 Å². The molecule has 7 heteroatoms. The van der Waals surface area contributed by atoms with Crippen LogP contribution < -0.4 is 10.6 Å². The van der Waals surface area contributed by atoms with Gasteiger partial charge in [0.1, 0.15) is 0 Å². The fourth-order valence-electron chi connectivity index (χ4n) is 3.31. The van der Waals surface area contributed by atoms with Gasteiger partial charge in [-0.25, -0.2) is 0 Å². The van der Waals surface area contributed by atoms with E-state index in [1.54, 1.807) is 0 Å². The van der Waals surface area contributed by atoms with Gasteiger partial charge in [-0.1, -0.05) is 27.2 Å². The first kappa shape index (κ1) is 25.1. The van der Waals surface area contributed by atoms with Crippen molar-refractivity contribution in [1.82, 2.24) is 15.5 Å². The first-order chi connectivity index (χ1) is 11.6. The molecule has 1 aliphatic carbocycles. The van der Waals surface area contributed by atoms with Gasteiger partial charge in [0, 0.05) is 40.9 Å². The van der Waals surface area contributed by atoms with Crippen LogP contribution in [0.3, 0.4) is 0 Å². The predicted molar refractivity (Wildman–Crippen MR) is 122 cm³/mol. The van der Waals surface area contributed by atoms with Crippen LogP contribution in [-0.2, 0) is 10.8 Å². The van der Waals surface area contributed by atoms with Crippen molar-refractivity contribution in [3.8, 4) is 0 Å². The zero-order valence-electron chi connectivity index (χ0n) is 16.6. The first-order valence-electron chi connectivity index (χ1n) is 9.78. The summed E-state index contributed by atoms with van der Waals surface area (Å²) in [4.78, 5) is 7.18. The van der Waals surface area contributed by atoms with Crippen LogP contribution in [-0.4, -0.2) is 64.8 Å². The molecule has 3 atom stereocenters. The summed E-state index contributed by atoms with van der Waals surface area (Å²) < 4.78 is 12.1. The van der Waals surface area contributed by atoms with Crippen LogP contribution in [0.15, 0.2) is 4.99 Å². The number of hydrogen-bond donors (Lipinski definition) is 2. The Kier molecular flexibility index (Phi) is 15.3. The van der Waals surface area contributed by atoms with Crippen molar-refractivity contribution in [2.24, 2.45) is 4.99 Å². The fraction of sp³-hybridized carbons (Fsp3) is 0.944. The zero-order chi connectivity index (χ0) is 17.8. The van der Waals surface area contributed by atoms with E-state index in [9.17, 15) is 4.21 Å². The highest BCUT2D eigenvalue weighted by atomic mass is 127. The van der Waals surface area contributed by atoms with Crippen molar-refractivity contribution in [3.05, 3.63) is 0 Å². The molecule has 0 aromatic rings. The van der Waals surface area contributed by atoms with E-state index in [1.165, 1.54) is 6.42 Å². The molecule has 0 aromatic heterocycles. The van der Waals surface area contributed by atoms with Gasteiger partial charge in [0.25, 0.3) is 0 Å². The van der Waals surface area contributed by atoms with Crippen molar-refractivity contribution in [1.29, 1.82) is 0 Å². The summed E-state index contributed by atoms with van der Waals surface area (Å²) in [6.45, 7) is 13.5. The third-order valence-electron chi connectivity index (χ3n) is 4.64. The zero-order valence-corrected chi connectivity index (χ0v) is 19.7. The molecule has 0 spiro atoms. The van der Waals surface area contributed by atoms with E-state index in [4.69, 9.17) is 4.99 Å². The highest BCUT2D eigenvalue weighted by Crippen LogP contribution is 2.22. The minimum atomic E-state index is -0.675. The number of likely N-dealkylation sites (N-methyl/N-ethyl adjacent to an activating group) is 1. The quantitative estimate of drug-likeness (QED) is 0.283. The van der Waals surface area contributed by atoms with E-state index in [0.717, 1.165) is 70.1 Å². The van der Waals surface area contributed by atoms with E-state index in [1.807, 2.05) is 6.92 Å². The van der Waals surface area contributed by atoms with Gasteiger partial charge in [0.15, 0.2) is 5.96 Å². The molecule has 1 aliphatic rings. The lowest BCUT2D eigenvalue weighted by Crippen LogP contribution is -2.47. The molecular weight excluding hydrogens is 447 g/mol. The number of rotatable bonds is 10. The number of aliphatic imine (C=N–C) groups is 1. The molecule has 1 rings (SSSR count). The van der Waals surface area contributed by atoms with Crippen LogP contribution in [0.5, 0.6) is 0 Å². The third-order valence-corrected chi connectivity index (χ3v) is 6.38. The standard InChI is InChI=1S/C18H38N4OS.HI/c1-5-13-22(7-3)14-12-20-18(19-6-2)21-16-10-9-11-17(15-16)24(23)8-4;/h16-17H,5-15H2,1-4H3,(H2,19,20,21);1H. The van der Waals surface area contributed by atoms with Crippen molar-refractivity contribution in [2.75, 3.05) is 38.5 Å². The van der Waals surface area contributed by atoms with Gasteiger partial charge in [0.05, 0.1) is 6.54 Å². The number of hydrogen-bond acceptors (Lipinski definition) is 3. The summed E-state index contributed by atoms with van der Waals surface area (Å²) in [6, 6.07) is 0.398. The van der Waals surface area contributed by atoms with Gasteiger partial charge < -0.3 is 15.5 Å². The van der Waals surface area contributed by atoms with Gasteiger partial charge in [0.2, 0.25) is 0 Å². The number of nitrogens with zero attached hydrogens (tertiary/aromatic N) is 2. The maximum absolute atomic E-state index is 12.1. The van der Waals surface area contributed by atoms with Crippen molar-refractivity contribution in [2.45, 2.75) is 71.1 Å². The van der Waals surface area contributed by atoms with Crippen molar-refractivity contribution < 1.29 is 4.21 Å². The molecule has 0 radical (unpaired) electrons. The summed E-state index contributed by atoms with van der Waals surface area (Å²) in [5.41, 5.74) is 0. The lowest BCUT2D eigenvalue weighted by molar-refractivity contribution is 0.297. The van der Waals surface area contributed by atoms with Gasteiger partial charge in [-0.3, -0.25) is 9.20 Å². The minimum Gasteiger partial charge on any atom is -0.357 e. The summed E-state index contributed by atoms with van der Waals surface area (Å²) in [7, 11) is -0.675. The number of guanidine groups is 1. The molecule has 0 amide bonds. The van der Waals surface area contributed by atoms with Crippen LogP contribution in [0, 0.1) is 0 Å². The second kappa shape index (κ2) is 15.2. The van der Waals surface area contributed by atoms with Crippen LogP contribution in [0.4, 0.5) is 0 Å². The van der Waals surface area contributed by atoms with E-state index < -0.39 is 10.8 Å². The van der Waals surface area contributed by atoms with Crippen molar-refractivity contribution >= 4 is 40.7 Å². The molecule has 0 aromatic carbocycles. The Bertz CT molecular complexity index is 395. The highest BCUT2D eigenvalue weighted by molar-refractivity contribution is 14.0. The van der Waals surface area contributed by atoms with Crippen LogP contribution in [0.1, 0.15) is 59.8 Å². The van der Waals surface area contributed by atoms with Gasteiger partial charge in [-0.15, -0.1) is 24.0 Å². The Hall–Kier alpha value is 0.110. The smallest absolute Gasteiger partial charge is 0.191 e. The third kappa shape index (κ3) is 10.1. The SMILES string of the molecule is CCCN(CC)CCN=C(NCC)NC1CCCC(S(=O)CC)C1.I. The molecule has 150 valence electrons. The number of nitrogens with one attached hydrogen (secondary N) is 2. The molecule has 3 unspecified atom stereocenters. The lowest BCUT2D eigenvalue weighted by atomic mass is 9.95. The maximum atomic E-state index is 12.1. The Morgan fingerprint density at radius 3 is 2.56 bits per heavy atom. The Morgan fingerprint density at radius 2 is 1.96 bits per heavy atom. The molecule has 1 saturated carbocycles. The van der Waals surface area contributed by atoms with Crippen LogP contribution in [0.2, 0.25) is 0 Å². The molecule has 0 bridgehead atoms. The van der Waals surface area contributed by atoms with E-state index >= 15 is 0 Å². The van der Waals surface area contributed by atoms with Gasteiger partial charge in [-0.05, 0) is 45.7 Å². The molecule has 2 N–H and O–H groups in total. The summed E-state index contributed by atoms with van der Waals surface area (Å²) >= 11 is 0. The fourth-order valence-corrected chi connectivity index (χ4v) is 4.66. The normalized spacial score (nSPS) is 22.4. The van der Waals surface area contributed by atoms with Crippen LogP contribution in [0.25, 0.3) is 0 Å².